The van der Waals surface area contributed by atoms with Crippen molar-refractivity contribution in [2.24, 2.45) is 5.92 Å². The maximum atomic E-state index is 13.1. The number of alkyl halides is 1. The van der Waals surface area contributed by atoms with Crippen molar-refractivity contribution in [2.75, 3.05) is 6.67 Å². The number of hydrogen-bond donors (Lipinski definition) is 3. The second-order valence-electron chi connectivity index (χ2n) is 7.85. The molecule has 0 saturated carbocycles. The monoisotopic (exact) mass is 427 g/mol. The quantitative estimate of drug-likeness (QED) is 0.515. The highest BCUT2D eigenvalue weighted by molar-refractivity contribution is 5.93. The highest BCUT2D eigenvalue weighted by atomic mass is 19.1. The van der Waals surface area contributed by atoms with Gasteiger partial charge in [-0.3, -0.25) is 9.59 Å². The number of hydrogen-bond acceptors (Lipinski definition) is 3. The van der Waals surface area contributed by atoms with E-state index in [-0.39, 0.29) is 12.3 Å². The second-order valence-corrected chi connectivity index (χ2v) is 7.85. The molecule has 6 nitrogen and oxygen atoms in total. The van der Waals surface area contributed by atoms with Gasteiger partial charge in [0.15, 0.2) is 5.78 Å². The number of urea groups is 1. The number of halogens is 1. The fourth-order valence-corrected chi connectivity index (χ4v) is 3.15. The van der Waals surface area contributed by atoms with Gasteiger partial charge >= 0.3 is 6.03 Å². The van der Waals surface area contributed by atoms with E-state index in [0.29, 0.717) is 13.0 Å². The molecule has 0 fully saturated rings. The number of carbonyl (C=O) groups is 3. The summed E-state index contributed by atoms with van der Waals surface area (Å²) in [6.45, 7) is 3.01. The van der Waals surface area contributed by atoms with Crippen molar-refractivity contribution in [1.29, 1.82) is 0 Å². The van der Waals surface area contributed by atoms with Crippen LogP contribution in [0.4, 0.5) is 9.18 Å². The number of benzene rings is 2. The van der Waals surface area contributed by atoms with Gasteiger partial charge in [0, 0.05) is 6.54 Å². The van der Waals surface area contributed by atoms with Crippen LogP contribution in [0.3, 0.4) is 0 Å². The molecule has 2 rings (SSSR count). The lowest BCUT2D eigenvalue weighted by molar-refractivity contribution is -0.129. The molecular formula is C24H30FN3O3. The lowest BCUT2D eigenvalue weighted by atomic mass is 10.00. The molecule has 2 aromatic carbocycles. The summed E-state index contributed by atoms with van der Waals surface area (Å²) in [5, 5.41) is 8.03. The zero-order valence-electron chi connectivity index (χ0n) is 17.9. The first-order valence-electron chi connectivity index (χ1n) is 10.4. The Balaban J connectivity index is 2.01. The fraction of sp³-hybridized carbons (Fsp3) is 0.375. The molecular weight excluding hydrogens is 397 g/mol. The third-order valence-electron chi connectivity index (χ3n) is 4.74. The minimum Gasteiger partial charge on any atom is -0.344 e. The summed E-state index contributed by atoms with van der Waals surface area (Å²) < 4.78 is 13.1. The Bertz CT molecular complexity index is 844. The van der Waals surface area contributed by atoms with E-state index in [1.807, 2.05) is 74.5 Å². The van der Waals surface area contributed by atoms with Gasteiger partial charge < -0.3 is 16.0 Å². The van der Waals surface area contributed by atoms with Crippen LogP contribution in [0.25, 0.3) is 0 Å². The second kappa shape index (κ2) is 12.5. The Hall–Kier alpha value is -3.22. The molecule has 0 spiro atoms. The number of rotatable bonds is 11. The highest BCUT2D eigenvalue weighted by Gasteiger charge is 2.27. The maximum absolute atomic E-state index is 13.1. The number of amides is 3. The Labute approximate surface area is 182 Å². The summed E-state index contributed by atoms with van der Waals surface area (Å²) in [5.41, 5.74) is 1.74. The van der Waals surface area contributed by atoms with Gasteiger partial charge in [0.1, 0.15) is 12.7 Å². The van der Waals surface area contributed by atoms with Crippen LogP contribution in [-0.4, -0.2) is 36.5 Å². The van der Waals surface area contributed by atoms with E-state index < -0.39 is 36.5 Å². The lowest BCUT2D eigenvalue weighted by Gasteiger charge is -2.24. The van der Waals surface area contributed by atoms with E-state index >= 15 is 0 Å². The molecule has 0 radical (unpaired) electrons. The van der Waals surface area contributed by atoms with E-state index in [2.05, 4.69) is 16.0 Å². The normalized spacial score (nSPS) is 12.6. The molecule has 166 valence electrons. The van der Waals surface area contributed by atoms with E-state index in [4.69, 9.17) is 0 Å². The first-order chi connectivity index (χ1) is 14.9. The number of ketones is 1. The fourth-order valence-electron chi connectivity index (χ4n) is 3.15. The zero-order valence-corrected chi connectivity index (χ0v) is 17.9. The van der Waals surface area contributed by atoms with Crippen molar-refractivity contribution in [3.05, 3.63) is 71.8 Å². The molecule has 7 heteroatoms. The van der Waals surface area contributed by atoms with Crippen LogP contribution in [0.1, 0.15) is 31.4 Å². The smallest absolute Gasteiger partial charge is 0.315 e. The van der Waals surface area contributed by atoms with Gasteiger partial charge in [0.2, 0.25) is 5.91 Å². The summed E-state index contributed by atoms with van der Waals surface area (Å²) >= 11 is 0. The summed E-state index contributed by atoms with van der Waals surface area (Å²) in [6.07, 6.45) is 0.566. The molecule has 0 saturated heterocycles. The molecule has 0 aliphatic rings. The average Bonchev–Trinajstić information content (AvgIpc) is 2.77. The molecule has 2 atom stereocenters. The molecule has 3 N–H and O–H groups in total. The standard InChI is InChI=1S/C24H30FN3O3/c1-17(2)13-21(28-24(31)26-16-19-11-7-4-8-12-19)23(30)27-20(22(29)15-25)14-18-9-5-3-6-10-18/h3-12,17,20-21H,13-16H2,1-2H3,(H,27,30)(H2,26,28,31)/t20-,21-/m0/s1. The van der Waals surface area contributed by atoms with Gasteiger partial charge in [-0.2, -0.15) is 0 Å². The minimum atomic E-state index is -1.17. The predicted molar refractivity (Wildman–Crippen MR) is 118 cm³/mol. The minimum absolute atomic E-state index is 0.120. The molecule has 0 bridgehead atoms. The zero-order chi connectivity index (χ0) is 22.6. The van der Waals surface area contributed by atoms with Crippen LogP contribution in [0, 0.1) is 5.92 Å². The van der Waals surface area contributed by atoms with Gasteiger partial charge in [-0.05, 0) is 29.9 Å². The topological polar surface area (TPSA) is 87.3 Å². The van der Waals surface area contributed by atoms with Crippen LogP contribution in [0.2, 0.25) is 0 Å². The Morgan fingerprint density at radius 2 is 1.42 bits per heavy atom. The largest absolute Gasteiger partial charge is 0.344 e. The van der Waals surface area contributed by atoms with E-state index in [0.717, 1.165) is 11.1 Å². The van der Waals surface area contributed by atoms with Crippen molar-refractivity contribution in [3.63, 3.8) is 0 Å². The third-order valence-corrected chi connectivity index (χ3v) is 4.74. The van der Waals surface area contributed by atoms with Gasteiger partial charge in [-0.1, -0.05) is 74.5 Å². The number of Topliss-reactive ketones (excluding diaryl/α,β-unsaturated/α-hetero) is 1. The van der Waals surface area contributed by atoms with Gasteiger partial charge in [0.05, 0.1) is 6.04 Å². The maximum Gasteiger partial charge on any atom is 0.315 e. The highest BCUT2D eigenvalue weighted by Crippen LogP contribution is 2.09. The number of carbonyl (C=O) groups excluding carboxylic acids is 3. The van der Waals surface area contributed by atoms with Gasteiger partial charge in [-0.15, -0.1) is 0 Å². The van der Waals surface area contributed by atoms with E-state index in [9.17, 15) is 18.8 Å². The molecule has 0 aromatic heterocycles. The van der Waals surface area contributed by atoms with Crippen LogP contribution in [-0.2, 0) is 22.6 Å². The summed E-state index contributed by atoms with van der Waals surface area (Å²) in [7, 11) is 0. The number of nitrogens with one attached hydrogen (secondary N) is 3. The van der Waals surface area contributed by atoms with Crippen LogP contribution in [0.15, 0.2) is 60.7 Å². The molecule has 0 heterocycles. The van der Waals surface area contributed by atoms with E-state index in [1.54, 1.807) is 0 Å². The Morgan fingerprint density at radius 1 is 0.839 bits per heavy atom. The molecule has 0 aliphatic heterocycles. The van der Waals surface area contributed by atoms with Gasteiger partial charge in [0.25, 0.3) is 0 Å². The van der Waals surface area contributed by atoms with Crippen molar-refractivity contribution in [2.45, 2.75) is 45.3 Å². The van der Waals surface area contributed by atoms with Crippen molar-refractivity contribution < 1.29 is 18.8 Å². The van der Waals surface area contributed by atoms with Crippen molar-refractivity contribution >= 4 is 17.7 Å². The van der Waals surface area contributed by atoms with Crippen LogP contribution in [0.5, 0.6) is 0 Å². The average molecular weight is 428 g/mol. The molecule has 0 aliphatic carbocycles. The lowest BCUT2D eigenvalue weighted by Crippen LogP contribution is -2.54. The molecule has 2 aromatic rings. The van der Waals surface area contributed by atoms with Crippen LogP contribution >= 0.6 is 0 Å². The van der Waals surface area contributed by atoms with Crippen molar-refractivity contribution in [1.82, 2.24) is 16.0 Å². The molecule has 0 unspecified atom stereocenters. The summed E-state index contributed by atoms with van der Waals surface area (Å²) in [6, 6.07) is 16.2. The van der Waals surface area contributed by atoms with Crippen LogP contribution < -0.4 is 16.0 Å². The first-order valence-corrected chi connectivity index (χ1v) is 10.4. The Kier molecular flexibility index (Phi) is 9.68. The molecule has 3 amide bonds. The van der Waals surface area contributed by atoms with Gasteiger partial charge in [-0.25, -0.2) is 9.18 Å². The molecule has 31 heavy (non-hydrogen) atoms. The van der Waals surface area contributed by atoms with E-state index in [1.165, 1.54) is 0 Å². The third kappa shape index (κ3) is 8.58. The Morgan fingerprint density at radius 3 is 1.97 bits per heavy atom. The first kappa shape index (κ1) is 24.1. The summed E-state index contributed by atoms with van der Waals surface area (Å²) in [4.78, 5) is 37.3. The SMILES string of the molecule is CC(C)C[C@H](NC(=O)NCc1ccccc1)C(=O)N[C@@H](Cc1ccccc1)C(=O)CF. The van der Waals surface area contributed by atoms with Crippen molar-refractivity contribution in [3.8, 4) is 0 Å². The predicted octanol–water partition coefficient (Wildman–Crippen LogP) is 3.17. The summed E-state index contributed by atoms with van der Waals surface area (Å²) in [5.74, 6) is -1.09.